The zero-order valence-electron chi connectivity index (χ0n) is 9.69. The monoisotopic (exact) mass is 280 g/mol. The largest absolute Gasteiger partial charge is 0.455 e. The van der Waals surface area contributed by atoms with E-state index in [4.69, 9.17) is 27.8 Å². The molecule has 0 aliphatic carbocycles. The Balaban J connectivity index is 2.34. The zero-order chi connectivity index (χ0) is 14.0. The number of benzene rings is 2. The van der Waals surface area contributed by atoms with Gasteiger partial charge in [-0.15, -0.1) is 0 Å². The molecule has 19 heavy (non-hydrogen) atoms. The average Bonchev–Trinajstić information content (AvgIpc) is 2.36. The molecular formula is C13H10ClFN2O2. The second-order valence-electron chi connectivity index (χ2n) is 3.79. The minimum atomic E-state index is -0.595. The molecule has 98 valence electrons. The van der Waals surface area contributed by atoms with Crippen molar-refractivity contribution < 1.29 is 13.9 Å². The van der Waals surface area contributed by atoms with Crippen molar-refractivity contribution in [2.45, 2.75) is 0 Å². The Hall–Kier alpha value is -2.27. The molecule has 0 saturated heterocycles. The predicted molar refractivity (Wildman–Crippen MR) is 70.9 cm³/mol. The first-order valence-corrected chi connectivity index (χ1v) is 5.67. The Kier molecular flexibility index (Phi) is 3.57. The fourth-order valence-electron chi connectivity index (χ4n) is 1.44. The molecule has 0 aliphatic heterocycles. The number of halogens is 2. The van der Waals surface area contributed by atoms with Crippen LogP contribution in [0.5, 0.6) is 11.5 Å². The van der Waals surface area contributed by atoms with Gasteiger partial charge in [0.2, 0.25) is 5.91 Å². The molecule has 2 aromatic carbocycles. The maximum absolute atomic E-state index is 13.0. The summed E-state index contributed by atoms with van der Waals surface area (Å²) in [6.07, 6.45) is 0. The van der Waals surface area contributed by atoms with Crippen LogP contribution in [0.2, 0.25) is 5.02 Å². The van der Waals surface area contributed by atoms with Crippen LogP contribution in [0.3, 0.4) is 0 Å². The summed E-state index contributed by atoms with van der Waals surface area (Å²) in [5.41, 5.74) is 11.5. The summed E-state index contributed by atoms with van der Waals surface area (Å²) in [5.74, 6) is -0.589. The van der Waals surface area contributed by atoms with Crippen LogP contribution in [0.1, 0.15) is 10.4 Å². The molecule has 0 heterocycles. The number of carbonyl (C=O) groups excluding carboxylic acids is 1. The second kappa shape index (κ2) is 5.16. The molecule has 2 rings (SSSR count). The fraction of sp³-hybridized carbons (Fsp3) is 0. The minimum Gasteiger partial charge on any atom is -0.455 e. The Morgan fingerprint density at radius 2 is 1.95 bits per heavy atom. The van der Waals surface area contributed by atoms with Gasteiger partial charge in [-0.25, -0.2) is 4.39 Å². The van der Waals surface area contributed by atoms with E-state index in [-0.39, 0.29) is 16.3 Å². The third-order valence-electron chi connectivity index (χ3n) is 2.42. The van der Waals surface area contributed by atoms with Gasteiger partial charge in [-0.05, 0) is 30.3 Å². The van der Waals surface area contributed by atoms with Crippen molar-refractivity contribution in [2.24, 2.45) is 5.73 Å². The number of nitrogen functional groups attached to an aromatic ring is 1. The average molecular weight is 281 g/mol. The standard InChI is InChI=1S/C13H10ClFN2O2/c14-9-6-8(2-3-10(9)15)19-12-5-7(13(17)18)1-4-11(12)16/h1-6H,16H2,(H2,17,18). The molecule has 0 unspecified atom stereocenters. The van der Waals surface area contributed by atoms with Crippen LogP contribution in [0.4, 0.5) is 10.1 Å². The summed E-state index contributed by atoms with van der Waals surface area (Å²) in [6.45, 7) is 0. The predicted octanol–water partition coefficient (Wildman–Crippen LogP) is 2.95. The molecule has 0 atom stereocenters. The molecule has 4 nitrogen and oxygen atoms in total. The highest BCUT2D eigenvalue weighted by Crippen LogP contribution is 2.30. The Labute approximate surface area is 113 Å². The van der Waals surface area contributed by atoms with Crippen LogP contribution in [0.25, 0.3) is 0 Å². The number of amides is 1. The molecular weight excluding hydrogens is 271 g/mol. The summed E-state index contributed by atoms with van der Waals surface area (Å²) >= 11 is 5.64. The molecule has 0 saturated carbocycles. The maximum atomic E-state index is 13.0. The van der Waals surface area contributed by atoms with E-state index in [9.17, 15) is 9.18 Å². The van der Waals surface area contributed by atoms with Crippen LogP contribution in [-0.2, 0) is 0 Å². The molecule has 1 amide bonds. The van der Waals surface area contributed by atoms with E-state index in [0.717, 1.165) is 0 Å². The maximum Gasteiger partial charge on any atom is 0.248 e. The van der Waals surface area contributed by atoms with Gasteiger partial charge in [0.15, 0.2) is 5.75 Å². The van der Waals surface area contributed by atoms with Gasteiger partial charge in [-0.3, -0.25) is 4.79 Å². The molecule has 0 aromatic heterocycles. The Bertz CT molecular complexity index is 647. The van der Waals surface area contributed by atoms with Crippen molar-refractivity contribution >= 4 is 23.2 Å². The van der Waals surface area contributed by atoms with Crippen LogP contribution >= 0.6 is 11.6 Å². The lowest BCUT2D eigenvalue weighted by Gasteiger charge is -2.10. The van der Waals surface area contributed by atoms with Crippen molar-refractivity contribution in [3.05, 3.63) is 52.8 Å². The van der Waals surface area contributed by atoms with E-state index in [2.05, 4.69) is 0 Å². The molecule has 0 spiro atoms. The zero-order valence-corrected chi connectivity index (χ0v) is 10.4. The number of rotatable bonds is 3. The van der Waals surface area contributed by atoms with Gasteiger partial charge in [0.25, 0.3) is 0 Å². The van der Waals surface area contributed by atoms with Crippen molar-refractivity contribution in [1.29, 1.82) is 0 Å². The summed E-state index contributed by atoms with van der Waals surface area (Å²) in [4.78, 5) is 11.1. The number of hydrogen-bond donors (Lipinski definition) is 2. The van der Waals surface area contributed by atoms with Gasteiger partial charge in [0.1, 0.15) is 11.6 Å². The van der Waals surface area contributed by atoms with Gasteiger partial charge in [0, 0.05) is 11.6 Å². The summed E-state index contributed by atoms with van der Waals surface area (Å²) in [5, 5.41) is -0.0675. The molecule has 6 heteroatoms. The highest BCUT2D eigenvalue weighted by atomic mass is 35.5. The van der Waals surface area contributed by atoms with Gasteiger partial charge < -0.3 is 16.2 Å². The van der Waals surface area contributed by atoms with E-state index < -0.39 is 11.7 Å². The Morgan fingerprint density at radius 1 is 1.21 bits per heavy atom. The third kappa shape index (κ3) is 2.95. The lowest BCUT2D eigenvalue weighted by Crippen LogP contribution is -2.11. The molecule has 0 radical (unpaired) electrons. The topological polar surface area (TPSA) is 78.3 Å². The smallest absolute Gasteiger partial charge is 0.248 e. The van der Waals surface area contributed by atoms with E-state index in [0.29, 0.717) is 11.4 Å². The highest BCUT2D eigenvalue weighted by molar-refractivity contribution is 6.30. The lowest BCUT2D eigenvalue weighted by atomic mass is 10.2. The van der Waals surface area contributed by atoms with Crippen molar-refractivity contribution in [1.82, 2.24) is 0 Å². The summed E-state index contributed by atoms with van der Waals surface area (Å²) < 4.78 is 18.5. The van der Waals surface area contributed by atoms with Crippen LogP contribution in [0, 0.1) is 5.82 Å². The van der Waals surface area contributed by atoms with Crippen molar-refractivity contribution in [3.63, 3.8) is 0 Å². The molecule has 2 aromatic rings. The van der Waals surface area contributed by atoms with Gasteiger partial charge >= 0.3 is 0 Å². The fourth-order valence-corrected chi connectivity index (χ4v) is 1.61. The minimum absolute atomic E-state index is 0.0675. The number of primary amides is 1. The first-order chi connectivity index (χ1) is 8.97. The highest BCUT2D eigenvalue weighted by Gasteiger charge is 2.08. The van der Waals surface area contributed by atoms with E-state index in [1.807, 2.05) is 0 Å². The molecule has 4 N–H and O–H groups in total. The van der Waals surface area contributed by atoms with E-state index in [1.54, 1.807) is 0 Å². The third-order valence-corrected chi connectivity index (χ3v) is 2.71. The van der Waals surface area contributed by atoms with Crippen LogP contribution in [-0.4, -0.2) is 5.91 Å². The van der Waals surface area contributed by atoms with Gasteiger partial charge in [-0.1, -0.05) is 11.6 Å². The second-order valence-corrected chi connectivity index (χ2v) is 4.20. The normalized spacial score (nSPS) is 10.2. The van der Waals surface area contributed by atoms with Crippen molar-refractivity contribution in [2.75, 3.05) is 5.73 Å². The molecule has 0 bridgehead atoms. The van der Waals surface area contributed by atoms with Crippen LogP contribution in [0.15, 0.2) is 36.4 Å². The Morgan fingerprint density at radius 3 is 2.58 bits per heavy atom. The lowest BCUT2D eigenvalue weighted by molar-refractivity contribution is 0.1000. The number of ether oxygens (including phenoxy) is 1. The van der Waals surface area contributed by atoms with E-state index in [1.165, 1.54) is 36.4 Å². The van der Waals surface area contributed by atoms with Crippen LogP contribution < -0.4 is 16.2 Å². The quantitative estimate of drug-likeness (QED) is 0.849. The van der Waals surface area contributed by atoms with Gasteiger partial charge in [0.05, 0.1) is 10.7 Å². The van der Waals surface area contributed by atoms with Crippen molar-refractivity contribution in [3.8, 4) is 11.5 Å². The van der Waals surface area contributed by atoms with Gasteiger partial charge in [-0.2, -0.15) is 0 Å². The number of carbonyl (C=O) groups is 1. The first kappa shape index (κ1) is 13.2. The molecule has 0 aliphatic rings. The number of nitrogens with two attached hydrogens (primary N) is 2. The number of anilines is 1. The first-order valence-electron chi connectivity index (χ1n) is 5.29. The SMILES string of the molecule is NC(=O)c1ccc(N)c(Oc2ccc(F)c(Cl)c2)c1. The summed E-state index contributed by atoms with van der Waals surface area (Å²) in [6, 6.07) is 8.29. The molecule has 0 fully saturated rings. The number of hydrogen-bond acceptors (Lipinski definition) is 3. The summed E-state index contributed by atoms with van der Waals surface area (Å²) in [7, 11) is 0. The van der Waals surface area contributed by atoms with E-state index >= 15 is 0 Å².